The molecule has 1 saturated heterocycles. The van der Waals surface area contributed by atoms with Gasteiger partial charge in [0.15, 0.2) is 0 Å². The summed E-state index contributed by atoms with van der Waals surface area (Å²) in [6, 6.07) is 21.5. The van der Waals surface area contributed by atoms with E-state index in [4.69, 9.17) is 0 Å². The molecular weight excluding hydrogens is 394 g/mol. The van der Waals surface area contributed by atoms with Crippen LogP contribution in [0, 0.1) is 5.92 Å². The summed E-state index contributed by atoms with van der Waals surface area (Å²) in [6.45, 7) is 5.13. The molecule has 1 unspecified atom stereocenters. The third kappa shape index (κ3) is 7.18. The van der Waals surface area contributed by atoms with Crippen LogP contribution in [0.4, 0.5) is 0 Å². The quantitative estimate of drug-likeness (QED) is 0.489. The van der Waals surface area contributed by atoms with Crippen molar-refractivity contribution in [3.8, 4) is 0 Å². The zero-order valence-electron chi connectivity index (χ0n) is 19.3. The fourth-order valence-corrected chi connectivity index (χ4v) is 4.74. The number of likely N-dealkylation sites (tertiary alicyclic amines) is 1. The van der Waals surface area contributed by atoms with Crippen LogP contribution < -0.4 is 10.6 Å². The lowest BCUT2D eigenvalue weighted by Crippen LogP contribution is -2.43. The number of carbonyl (C=O) groups excluding carboxylic acids is 1. The molecule has 2 N–H and O–H groups in total. The summed E-state index contributed by atoms with van der Waals surface area (Å²) >= 11 is 0. The summed E-state index contributed by atoms with van der Waals surface area (Å²) in [4.78, 5) is 15.6. The first kappa shape index (κ1) is 23.0. The molecule has 4 nitrogen and oxygen atoms in total. The van der Waals surface area contributed by atoms with Gasteiger partial charge >= 0.3 is 0 Å². The van der Waals surface area contributed by atoms with Crippen molar-refractivity contribution < 1.29 is 4.79 Å². The molecule has 2 aromatic carbocycles. The van der Waals surface area contributed by atoms with Crippen LogP contribution in [0.3, 0.4) is 0 Å². The molecular formula is C28H39N3O. The second kappa shape index (κ2) is 12.2. The molecule has 32 heavy (non-hydrogen) atoms. The van der Waals surface area contributed by atoms with E-state index in [1.807, 2.05) is 24.3 Å². The van der Waals surface area contributed by atoms with Crippen LogP contribution in [-0.4, -0.2) is 49.6 Å². The van der Waals surface area contributed by atoms with Crippen molar-refractivity contribution in [3.63, 3.8) is 0 Å². The zero-order valence-corrected chi connectivity index (χ0v) is 19.3. The zero-order chi connectivity index (χ0) is 22.0. The number of unbranched alkanes of at least 4 members (excludes halogenated alkanes) is 1. The summed E-state index contributed by atoms with van der Waals surface area (Å²) < 4.78 is 0. The third-order valence-electron chi connectivity index (χ3n) is 6.93. The van der Waals surface area contributed by atoms with E-state index in [0.717, 1.165) is 57.0 Å². The summed E-state index contributed by atoms with van der Waals surface area (Å²) in [6.07, 6.45) is 8.23. The van der Waals surface area contributed by atoms with Gasteiger partial charge in [0.2, 0.25) is 5.91 Å². The average molecular weight is 434 g/mol. The monoisotopic (exact) mass is 433 g/mol. The lowest BCUT2D eigenvalue weighted by molar-refractivity contribution is -0.134. The van der Waals surface area contributed by atoms with E-state index in [9.17, 15) is 4.79 Å². The maximum atomic E-state index is 13.5. The van der Waals surface area contributed by atoms with Crippen molar-refractivity contribution >= 4 is 5.91 Å². The first-order chi connectivity index (χ1) is 15.8. The molecule has 0 spiro atoms. The Kier molecular flexibility index (Phi) is 8.75. The summed E-state index contributed by atoms with van der Waals surface area (Å²) in [5, 5.41) is 7.24. The number of piperidine rings is 1. The van der Waals surface area contributed by atoms with Crippen molar-refractivity contribution in [1.82, 2.24) is 15.5 Å². The Morgan fingerprint density at radius 3 is 2.22 bits per heavy atom. The van der Waals surface area contributed by atoms with Crippen molar-refractivity contribution in [3.05, 3.63) is 71.8 Å². The normalized spacial score (nSPS) is 17.9. The number of nitrogens with one attached hydrogen (secondary N) is 2. The van der Waals surface area contributed by atoms with Gasteiger partial charge in [0, 0.05) is 19.1 Å². The number of benzene rings is 2. The lowest BCUT2D eigenvalue weighted by Gasteiger charge is -2.34. The highest BCUT2D eigenvalue weighted by atomic mass is 16.2. The summed E-state index contributed by atoms with van der Waals surface area (Å²) in [7, 11) is 0. The van der Waals surface area contributed by atoms with Crippen LogP contribution in [0.25, 0.3) is 0 Å². The van der Waals surface area contributed by atoms with Crippen LogP contribution in [0.1, 0.15) is 55.6 Å². The Labute approximate surface area is 193 Å². The molecule has 1 heterocycles. The van der Waals surface area contributed by atoms with Crippen LogP contribution in [-0.2, 0) is 11.2 Å². The Morgan fingerprint density at radius 1 is 0.875 bits per heavy atom. The molecule has 0 radical (unpaired) electrons. The largest absolute Gasteiger partial charge is 0.342 e. The summed E-state index contributed by atoms with van der Waals surface area (Å²) in [5.41, 5.74) is 2.35. The van der Waals surface area contributed by atoms with Crippen molar-refractivity contribution in [1.29, 1.82) is 0 Å². The SMILES string of the molecule is O=C(C(Cc1ccccc1)c1ccccc1)N1CCC(CNCCCCNC2CC2)CC1. The van der Waals surface area contributed by atoms with Crippen LogP contribution >= 0.6 is 0 Å². The average Bonchev–Trinajstić information content (AvgIpc) is 3.68. The molecule has 2 aromatic rings. The first-order valence-electron chi connectivity index (χ1n) is 12.6. The van der Waals surface area contributed by atoms with E-state index in [-0.39, 0.29) is 11.8 Å². The van der Waals surface area contributed by atoms with Crippen LogP contribution in [0.15, 0.2) is 60.7 Å². The van der Waals surface area contributed by atoms with Crippen molar-refractivity contribution in [2.45, 2.75) is 56.9 Å². The topological polar surface area (TPSA) is 44.4 Å². The lowest BCUT2D eigenvalue weighted by atomic mass is 9.89. The number of nitrogens with zero attached hydrogens (tertiary/aromatic N) is 1. The Hall–Kier alpha value is -2.17. The van der Waals surface area contributed by atoms with Gasteiger partial charge in [-0.2, -0.15) is 0 Å². The highest BCUT2D eigenvalue weighted by Gasteiger charge is 2.29. The van der Waals surface area contributed by atoms with Crippen LogP contribution in [0.2, 0.25) is 0 Å². The van der Waals surface area contributed by atoms with Crippen LogP contribution in [0.5, 0.6) is 0 Å². The smallest absolute Gasteiger partial charge is 0.230 e. The van der Waals surface area contributed by atoms with Gasteiger partial charge in [0.05, 0.1) is 5.92 Å². The van der Waals surface area contributed by atoms with Crippen molar-refractivity contribution in [2.24, 2.45) is 5.92 Å². The second-order valence-electron chi connectivity index (χ2n) is 9.56. The summed E-state index contributed by atoms with van der Waals surface area (Å²) in [5.74, 6) is 0.875. The minimum Gasteiger partial charge on any atom is -0.342 e. The Balaban J connectivity index is 1.21. The minimum absolute atomic E-state index is 0.0995. The van der Waals surface area contributed by atoms with E-state index in [0.29, 0.717) is 5.92 Å². The van der Waals surface area contributed by atoms with Gasteiger partial charge in [-0.05, 0) is 81.6 Å². The highest BCUT2D eigenvalue weighted by Crippen LogP contribution is 2.26. The van der Waals surface area contributed by atoms with Gasteiger partial charge in [0.25, 0.3) is 0 Å². The standard InChI is InChI=1S/C28H39N3O/c32-28(27(25-11-5-2-6-12-25)21-23-9-3-1-4-10-23)31-19-15-24(16-20-31)22-29-17-7-8-18-30-26-13-14-26/h1-6,9-12,24,26-27,29-30H,7-8,13-22H2. The predicted molar refractivity (Wildman–Crippen MR) is 132 cm³/mol. The molecule has 2 fully saturated rings. The number of hydrogen-bond acceptors (Lipinski definition) is 3. The number of rotatable bonds is 12. The number of amides is 1. The molecule has 1 aliphatic carbocycles. The molecule has 1 aliphatic heterocycles. The molecule has 1 amide bonds. The van der Waals surface area contributed by atoms with Gasteiger partial charge in [-0.15, -0.1) is 0 Å². The number of hydrogen-bond donors (Lipinski definition) is 2. The Bertz CT molecular complexity index is 798. The van der Waals surface area contributed by atoms with E-state index in [1.165, 1.54) is 37.8 Å². The maximum Gasteiger partial charge on any atom is 0.230 e. The fourth-order valence-electron chi connectivity index (χ4n) is 4.74. The van der Waals surface area contributed by atoms with Gasteiger partial charge in [0.1, 0.15) is 0 Å². The van der Waals surface area contributed by atoms with E-state index >= 15 is 0 Å². The molecule has 0 aromatic heterocycles. The van der Waals surface area contributed by atoms with E-state index in [2.05, 4.69) is 51.9 Å². The highest BCUT2D eigenvalue weighted by molar-refractivity contribution is 5.84. The maximum absolute atomic E-state index is 13.5. The van der Waals surface area contributed by atoms with Crippen molar-refractivity contribution in [2.75, 3.05) is 32.7 Å². The molecule has 4 rings (SSSR count). The van der Waals surface area contributed by atoms with Gasteiger partial charge in [-0.3, -0.25) is 4.79 Å². The predicted octanol–water partition coefficient (Wildman–Crippen LogP) is 4.37. The molecule has 172 valence electrons. The van der Waals surface area contributed by atoms with Gasteiger partial charge in [-0.1, -0.05) is 60.7 Å². The fraction of sp³-hybridized carbons (Fsp3) is 0.536. The molecule has 1 saturated carbocycles. The first-order valence-corrected chi connectivity index (χ1v) is 12.6. The van der Waals surface area contributed by atoms with E-state index < -0.39 is 0 Å². The third-order valence-corrected chi connectivity index (χ3v) is 6.93. The van der Waals surface area contributed by atoms with Gasteiger partial charge < -0.3 is 15.5 Å². The minimum atomic E-state index is -0.0995. The molecule has 2 aliphatic rings. The molecule has 1 atom stereocenters. The second-order valence-corrected chi connectivity index (χ2v) is 9.56. The molecule has 4 heteroatoms. The van der Waals surface area contributed by atoms with E-state index in [1.54, 1.807) is 0 Å². The Morgan fingerprint density at radius 2 is 1.53 bits per heavy atom. The number of carbonyl (C=O) groups is 1. The molecule has 0 bridgehead atoms. The van der Waals surface area contributed by atoms with Gasteiger partial charge in [-0.25, -0.2) is 0 Å².